The zero-order valence-corrected chi connectivity index (χ0v) is 13.4. The summed E-state index contributed by atoms with van der Waals surface area (Å²) in [6, 6.07) is 6.45. The number of halogens is 3. The zero-order valence-electron chi connectivity index (χ0n) is 13.4. The van der Waals surface area contributed by atoms with Crippen molar-refractivity contribution >= 4 is 11.7 Å². The number of amides is 1. The Bertz CT molecular complexity index is 710. The van der Waals surface area contributed by atoms with Crippen LogP contribution in [0, 0.1) is 6.92 Å². The summed E-state index contributed by atoms with van der Waals surface area (Å²) in [6.45, 7) is 2.42. The summed E-state index contributed by atoms with van der Waals surface area (Å²) in [7, 11) is 1.80. The number of benzene rings is 1. The molecule has 130 valence electrons. The van der Waals surface area contributed by atoms with E-state index in [1.807, 2.05) is 0 Å². The number of hydrogen-bond acceptors (Lipinski definition) is 3. The van der Waals surface area contributed by atoms with Gasteiger partial charge in [0, 0.05) is 12.5 Å². The first-order chi connectivity index (χ1) is 11.3. The monoisotopic (exact) mass is 340 g/mol. The molecule has 2 rings (SSSR count). The maximum Gasteiger partial charge on any atom is 0.416 e. The average Bonchev–Trinajstić information content (AvgIpc) is 2.87. The molecule has 0 spiro atoms. The third kappa shape index (κ3) is 4.58. The van der Waals surface area contributed by atoms with Gasteiger partial charge in [0.1, 0.15) is 5.82 Å². The SMILES string of the molecule is CNCCCC(=O)Nc1cc(C)nn1-c1cccc(C(F)(F)F)c1. The molecule has 24 heavy (non-hydrogen) atoms. The second-order valence-corrected chi connectivity index (χ2v) is 5.39. The van der Waals surface area contributed by atoms with Crippen LogP contribution in [0.3, 0.4) is 0 Å². The Morgan fingerprint density at radius 2 is 2.04 bits per heavy atom. The van der Waals surface area contributed by atoms with Gasteiger partial charge in [0.15, 0.2) is 0 Å². The van der Waals surface area contributed by atoms with Crippen molar-refractivity contribution in [2.45, 2.75) is 25.9 Å². The quantitative estimate of drug-likeness (QED) is 0.794. The Morgan fingerprint density at radius 3 is 2.71 bits per heavy atom. The van der Waals surface area contributed by atoms with Gasteiger partial charge in [-0.3, -0.25) is 4.79 Å². The number of alkyl halides is 3. The normalized spacial score (nSPS) is 11.5. The molecule has 1 aromatic heterocycles. The van der Waals surface area contributed by atoms with Gasteiger partial charge < -0.3 is 10.6 Å². The van der Waals surface area contributed by atoms with Gasteiger partial charge in [-0.1, -0.05) is 6.07 Å². The lowest BCUT2D eigenvalue weighted by atomic mass is 10.2. The molecule has 1 amide bonds. The predicted molar refractivity (Wildman–Crippen MR) is 85.1 cm³/mol. The molecule has 2 N–H and O–H groups in total. The predicted octanol–water partition coefficient (Wildman–Crippen LogP) is 3.14. The number of hydrogen-bond donors (Lipinski definition) is 2. The summed E-state index contributed by atoms with van der Waals surface area (Å²) < 4.78 is 39.9. The fourth-order valence-electron chi connectivity index (χ4n) is 2.23. The van der Waals surface area contributed by atoms with Crippen molar-refractivity contribution in [3.05, 3.63) is 41.6 Å². The highest BCUT2D eigenvalue weighted by Crippen LogP contribution is 2.31. The maximum atomic E-state index is 12.9. The van der Waals surface area contributed by atoms with Gasteiger partial charge >= 0.3 is 6.18 Å². The van der Waals surface area contributed by atoms with Crippen molar-refractivity contribution in [1.82, 2.24) is 15.1 Å². The topological polar surface area (TPSA) is 59.0 Å². The summed E-state index contributed by atoms with van der Waals surface area (Å²) in [5.41, 5.74) is 0.0702. The summed E-state index contributed by atoms with van der Waals surface area (Å²) >= 11 is 0. The van der Waals surface area contributed by atoms with Crippen LogP contribution in [0.15, 0.2) is 30.3 Å². The van der Waals surface area contributed by atoms with Gasteiger partial charge in [-0.25, -0.2) is 4.68 Å². The van der Waals surface area contributed by atoms with Crippen LogP contribution in [0.25, 0.3) is 5.69 Å². The molecule has 0 aliphatic rings. The van der Waals surface area contributed by atoms with E-state index in [2.05, 4.69) is 15.7 Å². The molecule has 5 nitrogen and oxygen atoms in total. The fraction of sp³-hybridized carbons (Fsp3) is 0.375. The third-order valence-electron chi connectivity index (χ3n) is 3.35. The summed E-state index contributed by atoms with van der Waals surface area (Å²) in [6.07, 6.45) is -3.46. The standard InChI is InChI=1S/C16H19F3N4O/c1-11-9-14(21-15(24)7-4-8-20-2)23(22-11)13-6-3-5-12(10-13)16(17,18)19/h3,5-6,9-10,20H,4,7-8H2,1-2H3,(H,21,24). The number of carbonyl (C=O) groups excluding carboxylic acids is 1. The van der Waals surface area contributed by atoms with Gasteiger partial charge in [0.25, 0.3) is 0 Å². The first-order valence-electron chi connectivity index (χ1n) is 7.50. The van der Waals surface area contributed by atoms with Crippen molar-refractivity contribution in [2.24, 2.45) is 0 Å². The van der Waals surface area contributed by atoms with Crippen LogP contribution in [-0.2, 0) is 11.0 Å². The van der Waals surface area contributed by atoms with Crippen molar-refractivity contribution in [3.8, 4) is 5.69 Å². The number of aryl methyl sites for hydroxylation is 1. The lowest BCUT2D eigenvalue weighted by molar-refractivity contribution is -0.137. The van der Waals surface area contributed by atoms with Gasteiger partial charge in [-0.2, -0.15) is 18.3 Å². The van der Waals surface area contributed by atoms with Crippen molar-refractivity contribution in [3.63, 3.8) is 0 Å². The Kier molecular flexibility index (Phi) is 5.61. The Balaban J connectivity index is 2.24. The molecule has 0 fully saturated rings. The Hall–Kier alpha value is -2.35. The maximum absolute atomic E-state index is 12.9. The van der Waals surface area contributed by atoms with E-state index in [0.717, 1.165) is 12.1 Å². The minimum atomic E-state index is -4.44. The zero-order chi connectivity index (χ0) is 17.7. The van der Waals surface area contributed by atoms with E-state index in [-0.39, 0.29) is 11.6 Å². The highest BCUT2D eigenvalue weighted by atomic mass is 19.4. The van der Waals surface area contributed by atoms with E-state index in [1.165, 1.54) is 16.8 Å². The molecular formula is C16H19F3N4O. The molecule has 0 saturated carbocycles. The van der Waals surface area contributed by atoms with Gasteiger partial charge in [-0.15, -0.1) is 0 Å². The molecule has 0 radical (unpaired) electrons. The molecule has 0 bridgehead atoms. The van der Waals surface area contributed by atoms with Crippen LogP contribution in [0.2, 0.25) is 0 Å². The summed E-state index contributed by atoms with van der Waals surface area (Å²) in [4.78, 5) is 11.9. The number of carbonyl (C=O) groups is 1. The van der Waals surface area contributed by atoms with Crippen LogP contribution >= 0.6 is 0 Å². The molecule has 1 aromatic carbocycles. The molecule has 0 atom stereocenters. The minimum Gasteiger partial charge on any atom is -0.320 e. The first kappa shape index (κ1) is 18.0. The molecule has 0 aliphatic carbocycles. The lowest BCUT2D eigenvalue weighted by Crippen LogP contribution is -2.17. The minimum absolute atomic E-state index is 0.210. The molecule has 1 heterocycles. The molecule has 0 unspecified atom stereocenters. The first-order valence-corrected chi connectivity index (χ1v) is 7.50. The van der Waals surface area contributed by atoms with E-state index >= 15 is 0 Å². The Labute approximate surface area is 137 Å². The summed E-state index contributed by atoms with van der Waals surface area (Å²) in [5.74, 6) is 0.139. The smallest absolute Gasteiger partial charge is 0.320 e. The molecule has 8 heteroatoms. The molecule has 0 saturated heterocycles. The largest absolute Gasteiger partial charge is 0.416 e. The summed E-state index contributed by atoms with van der Waals surface area (Å²) in [5, 5.41) is 9.82. The van der Waals surface area contributed by atoms with Crippen LogP contribution < -0.4 is 10.6 Å². The number of nitrogens with one attached hydrogen (secondary N) is 2. The van der Waals surface area contributed by atoms with Crippen molar-refractivity contribution in [1.29, 1.82) is 0 Å². The second kappa shape index (κ2) is 7.48. The van der Waals surface area contributed by atoms with Gasteiger partial charge in [0.05, 0.1) is 16.9 Å². The van der Waals surface area contributed by atoms with Crippen LogP contribution in [0.1, 0.15) is 24.1 Å². The van der Waals surface area contributed by atoms with E-state index in [1.54, 1.807) is 20.0 Å². The highest BCUT2D eigenvalue weighted by Gasteiger charge is 2.30. The fourth-order valence-corrected chi connectivity index (χ4v) is 2.23. The highest BCUT2D eigenvalue weighted by molar-refractivity contribution is 5.90. The van der Waals surface area contributed by atoms with Gasteiger partial charge in [0.2, 0.25) is 5.91 Å². The third-order valence-corrected chi connectivity index (χ3v) is 3.35. The van der Waals surface area contributed by atoms with Gasteiger partial charge in [-0.05, 0) is 45.1 Å². The number of rotatable bonds is 6. The van der Waals surface area contributed by atoms with E-state index < -0.39 is 11.7 Å². The van der Waals surface area contributed by atoms with Crippen LogP contribution in [0.4, 0.5) is 19.0 Å². The molecule has 0 aliphatic heterocycles. The van der Waals surface area contributed by atoms with Crippen molar-refractivity contribution < 1.29 is 18.0 Å². The van der Waals surface area contributed by atoms with E-state index in [0.29, 0.717) is 30.9 Å². The van der Waals surface area contributed by atoms with Crippen LogP contribution in [0.5, 0.6) is 0 Å². The Morgan fingerprint density at radius 1 is 1.29 bits per heavy atom. The lowest BCUT2D eigenvalue weighted by Gasteiger charge is -2.11. The molecular weight excluding hydrogens is 321 g/mol. The number of nitrogens with zero attached hydrogens (tertiary/aromatic N) is 2. The van der Waals surface area contributed by atoms with E-state index in [4.69, 9.17) is 0 Å². The van der Waals surface area contributed by atoms with Crippen LogP contribution in [-0.4, -0.2) is 29.3 Å². The van der Waals surface area contributed by atoms with E-state index in [9.17, 15) is 18.0 Å². The second-order valence-electron chi connectivity index (χ2n) is 5.39. The number of aromatic nitrogens is 2. The average molecular weight is 340 g/mol. The molecule has 2 aromatic rings. The number of anilines is 1. The van der Waals surface area contributed by atoms with Crippen molar-refractivity contribution in [2.75, 3.05) is 18.9 Å².